The molecule has 3 nitrogen and oxygen atoms in total. The molecule has 0 aliphatic heterocycles. The predicted molar refractivity (Wildman–Crippen MR) is 46.2 cm³/mol. The van der Waals surface area contributed by atoms with Gasteiger partial charge in [0.1, 0.15) is 0 Å². The summed E-state index contributed by atoms with van der Waals surface area (Å²) in [4.78, 5) is 10.0. The second kappa shape index (κ2) is 5.51. The molecule has 0 spiro atoms. The van der Waals surface area contributed by atoms with Crippen LogP contribution in [0.3, 0.4) is 0 Å². The van der Waals surface area contributed by atoms with Crippen molar-refractivity contribution >= 4 is 6.29 Å². The van der Waals surface area contributed by atoms with Crippen LogP contribution in [-0.4, -0.2) is 18.5 Å². The predicted octanol–water partition coefficient (Wildman–Crippen LogP) is 1.31. The van der Waals surface area contributed by atoms with Gasteiger partial charge in [-0.2, -0.15) is 13.2 Å². The van der Waals surface area contributed by atoms with Crippen LogP contribution in [0.2, 0.25) is 0 Å². The Labute approximate surface area is 80.2 Å². The molecule has 0 radical (unpaired) electrons. The summed E-state index contributed by atoms with van der Waals surface area (Å²) in [6, 6.07) is -0.742. The molecule has 0 aromatic rings. The van der Waals surface area contributed by atoms with E-state index in [1.807, 2.05) is 0 Å². The molecule has 0 aromatic carbocycles. The van der Waals surface area contributed by atoms with Gasteiger partial charge in [0.25, 0.3) is 0 Å². The molecule has 0 fully saturated rings. The maximum absolute atomic E-state index is 11.9. The lowest BCUT2D eigenvalue weighted by atomic mass is 10.1. The number of aldehydes is 1. The van der Waals surface area contributed by atoms with Crippen molar-refractivity contribution in [2.75, 3.05) is 0 Å². The summed E-state index contributed by atoms with van der Waals surface area (Å²) in [5, 5.41) is 2.44. The fraction of sp³-hybridized carbons (Fsp3) is 0.625. The van der Waals surface area contributed by atoms with Crippen molar-refractivity contribution in [3.63, 3.8) is 0 Å². The zero-order valence-corrected chi connectivity index (χ0v) is 7.77. The number of hydrogen-bond donors (Lipinski definition) is 2. The molecule has 0 aliphatic rings. The Morgan fingerprint density at radius 3 is 2.50 bits per heavy atom. The van der Waals surface area contributed by atoms with Crippen molar-refractivity contribution in [2.24, 2.45) is 5.73 Å². The van der Waals surface area contributed by atoms with Crippen molar-refractivity contribution < 1.29 is 18.0 Å². The van der Waals surface area contributed by atoms with Gasteiger partial charge in [-0.15, -0.1) is 0 Å². The third-order valence-electron chi connectivity index (χ3n) is 1.59. The molecule has 1 atom stereocenters. The summed E-state index contributed by atoms with van der Waals surface area (Å²) in [5.74, 6) is 0. The molecular weight excluding hydrogens is 197 g/mol. The number of allylic oxidation sites excluding steroid dienone is 1. The SMILES string of the molecule is CCC(CC(F)(F)F)N/C=C(\N)C=O. The Kier molecular flexibility index (Phi) is 5.04. The quantitative estimate of drug-likeness (QED) is 0.531. The van der Waals surface area contributed by atoms with Gasteiger partial charge in [-0.1, -0.05) is 6.92 Å². The Hall–Kier alpha value is -1.20. The Balaban J connectivity index is 4.10. The summed E-state index contributed by atoms with van der Waals surface area (Å²) in [6.07, 6.45) is -3.38. The van der Waals surface area contributed by atoms with Crippen molar-refractivity contribution in [1.29, 1.82) is 0 Å². The summed E-state index contributed by atoms with van der Waals surface area (Å²) >= 11 is 0. The monoisotopic (exact) mass is 210 g/mol. The first-order valence-corrected chi connectivity index (χ1v) is 4.12. The van der Waals surface area contributed by atoms with E-state index >= 15 is 0 Å². The lowest BCUT2D eigenvalue weighted by molar-refractivity contribution is -0.139. The smallest absolute Gasteiger partial charge is 0.391 e. The summed E-state index contributed by atoms with van der Waals surface area (Å²) in [5.41, 5.74) is 4.97. The van der Waals surface area contributed by atoms with Crippen LogP contribution in [0.1, 0.15) is 19.8 Å². The van der Waals surface area contributed by atoms with Crippen LogP contribution < -0.4 is 11.1 Å². The van der Waals surface area contributed by atoms with Crippen LogP contribution in [0.15, 0.2) is 11.9 Å². The summed E-state index contributed by atoms with van der Waals surface area (Å²) in [6.45, 7) is 1.62. The van der Waals surface area contributed by atoms with Gasteiger partial charge in [0, 0.05) is 12.2 Å². The Morgan fingerprint density at radius 2 is 2.14 bits per heavy atom. The van der Waals surface area contributed by atoms with Gasteiger partial charge in [0.2, 0.25) is 0 Å². The van der Waals surface area contributed by atoms with Gasteiger partial charge in [0.15, 0.2) is 6.29 Å². The maximum atomic E-state index is 11.9. The first-order valence-electron chi connectivity index (χ1n) is 4.12. The van der Waals surface area contributed by atoms with E-state index in [2.05, 4.69) is 5.32 Å². The second-order valence-corrected chi connectivity index (χ2v) is 2.85. The van der Waals surface area contributed by atoms with Crippen LogP contribution >= 0.6 is 0 Å². The first kappa shape index (κ1) is 12.8. The molecule has 14 heavy (non-hydrogen) atoms. The van der Waals surface area contributed by atoms with Crippen LogP contribution in [0.4, 0.5) is 13.2 Å². The Morgan fingerprint density at radius 1 is 1.57 bits per heavy atom. The molecule has 1 unspecified atom stereocenters. The number of nitrogens with two attached hydrogens (primary N) is 1. The number of rotatable bonds is 5. The summed E-state index contributed by atoms with van der Waals surface area (Å²) < 4.78 is 35.8. The number of carbonyl (C=O) groups is 1. The van der Waals surface area contributed by atoms with Crippen LogP contribution in [0.5, 0.6) is 0 Å². The highest BCUT2D eigenvalue weighted by Crippen LogP contribution is 2.22. The van der Waals surface area contributed by atoms with Gasteiger partial charge in [0.05, 0.1) is 12.1 Å². The highest BCUT2D eigenvalue weighted by atomic mass is 19.4. The summed E-state index contributed by atoms with van der Waals surface area (Å²) in [7, 11) is 0. The molecule has 0 saturated heterocycles. The molecule has 0 saturated carbocycles. The van der Waals surface area contributed by atoms with Gasteiger partial charge in [-0.05, 0) is 6.42 Å². The minimum Gasteiger partial charge on any atom is -0.395 e. The third-order valence-corrected chi connectivity index (χ3v) is 1.59. The van der Waals surface area contributed by atoms with E-state index in [0.29, 0.717) is 12.7 Å². The van der Waals surface area contributed by atoms with Gasteiger partial charge in [-0.3, -0.25) is 4.79 Å². The normalized spacial score (nSPS) is 15.0. The number of hydrogen-bond acceptors (Lipinski definition) is 3. The van der Waals surface area contributed by atoms with E-state index in [4.69, 9.17) is 5.73 Å². The van der Waals surface area contributed by atoms with Crippen LogP contribution in [0.25, 0.3) is 0 Å². The molecule has 3 N–H and O–H groups in total. The minimum atomic E-state index is -4.21. The molecule has 0 heterocycles. The van der Waals surface area contributed by atoms with E-state index < -0.39 is 18.6 Å². The van der Waals surface area contributed by atoms with Crippen LogP contribution in [-0.2, 0) is 4.79 Å². The lowest BCUT2D eigenvalue weighted by Gasteiger charge is -2.17. The van der Waals surface area contributed by atoms with E-state index in [0.717, 1.165) is 6.20 Å². The molecular formula is C8H13F3N2O. The topological polar surface area (TPSA) is 55.1 Å². The fourth-order valence-electron chi connectivity index (χ4n) is 0.849. The molecule has 0 amide bonds. The average molecular weight is 210 g/mol. The first-order chi connectivity index (χ1) is 6.39. The van der Waals surface area contributed by atoms with Crippen molar-refractivity contribution in [3.05, 3.63) is 11.9 Å². The third kappa shape index (κ3) is 6.33. The van der Waals surface area contributed by atoms with Crippen LogP contribution in [0, 0.1) is 0 Å². The maximum Gasteiger partial charge on any atom is 0.391 e. The van der Waals surface area contributed by atoms with E-state index in [1.165, 1.54) is 0 Å². The van der Waals surface area contributed by atoms with Crippen molar-refractivity contribution in [1.82, 2.24) is 5.32 Å². The highest BCUT2D eigenvalue weighted by molar-refractivity contribution is 5.71. The largest absolute Gasteiger partial charge is 0.395 e. The van der Waals surface area contributed by atoms with E-state index in [-0.39, 0.29) is 5.70 Å². The molecule has 0 rings (SSSR count). The van der Waals surface area contributed by atoms with Gasteiger partial charge < -0.3 is 11.1 Å². The average Bonchev–Trinajstić information content (AvgIpc) is 2.09. The van der Waals surface area contributed by atoms with Gasteiger partial charge in [-0.25, -0.2) is 0 Å². The van der Waals surface area contributed by atoms with E-state index in [1.54, 1.807) is 6.92 Å². The van der Waals surface area contributed by atoms with E-state index in [9.17, 15) is 18.0 Å². The second-order valence-electron chi connectivity index (χ2n) is 2.85. The number of carbonyl (C=O) groups excluding carboxylic acids is 1. The molecule has 0 aromatic heterocycles. The molecule has 0 aliphatic carbocycles. The number of nitrogens with one attached hydrogen (secondary N) is 1. The fourth-order valence-corrected chi connectivity index (χ4v) is 0.849. The standard InChI is InChI=1S/C8H13F3N2O/c1-2-7(3-8(9,10)11)13-4-6(12)5-14/h4-5,7,13H,2-3,12H2,1H3/b6-4-. The zero-order chi connectivity index (χ0) is 11.2. The zero-order valence-electron chi connectivity index (χ0n) is 7.77. The lowest BCUT2D eigenvalue weighted by Crippen LogP contribution is -2.30. The highest BCUT2D eigenvalue weighted by Gasteiger charge is 2.30. The molecule has 6 heteroatoms. The number of halogens is 3. The number of alkyl halides is 3. The van der Waals surface area contributed by atoms with Crippen molar-refractivity contribution in [3.8, 4) is 0 Å². The Bertz CT molecular complexity index is 213. The van der Waals surface area contributed by atoms with Crippen molar-refractivity contribution in [2.45, 2.75) is 32.0 Å². The minimum absolute atomic E-state index is 0.120. The molecule has 82 valence electrons. The van der Waals surface area contributed by atoms with Gasteiger partial charge >= 0.3 is 6.18 Å². The molecule has 0 bridgehead atoms.